The fraction of sp³-hybridized carbons (Fsp3) is 0.500. The maximum atomic E-state index is 10.1. The monoisotopic (exact) mass is 149 g/mol. The average Bonchev–Trinajstić information content (AvgIpc) is 1.82. The Kier molecular flexibility index (Phi) is 4.08. The molecule has 0 atom stereocenters. The van der Waals surface area contributed by atoms with Crippen molar-refractivity contribution in [2.75, 3.05) is 14.2 Å². The topological polar surface area (TPSA) is 58.9 Å². The van der Waals surface area contributed by atoms with Gasteiger partial charge in [0.1, 0.15) is 0 Å². The molecule has 0 aromatic rings. The number of aliphatic carboxylic acids is 1. The third-order valence-electron chi connectivity index (χ3n) is 0.548. The lowest BCUT2D eigenvalue weighted by Crippen LogP contribution is -2.08. The van der Waals surface area contributed by atoms with Gasteiger partial charge < -0.3 is 9.29 Å². The Labute approximate surface area is 57.1 Å². The van der Waals surface area contributed by atoms with E-state index < -0.39 is 5.97 Å². The Morgan fingerprint density at radius 1 is 1.78 bits per heavy atom. The van der Waals surface area contributed by atoms with Crippen molar-refractivity contribution in [2.45, 2.75) is 0 Å². The van der Waals surface area contributed by atoms with Crippen LogP contribution >= 0.6 is 12.0 Å². The quantitative estimate of drug-likeness (QED) is 0.333. The van der Waals surface area contributed by atoms with Gasteiger partial charge in [-0.15, -0.1) is 0 Å². The minimum Gasteiger partial charge on any atom is -0.476 e. The van der Waals surface area contributed by atoms with E-state index in [1.54, 1.807) is 0 Å². The molecule has 0 aliphatic rings. The maximum absolute atomic E-state index is 10.1. The summed E-state index contributed by atoms with van der Waals surface area (Å²) in [4.78, 5) is 13.5. The van der Waals surface area contributed by atoms with Crippen molar-refractivity contribution in [1.29, 1.82) is 0 Å². The first-order chi connectivity index (χ1) is 4.22. The molecule has 0 spiro atoms. The molecule has 0 aliphatic carbocycles. The second-order valence-corrected chi connectivity index (χ2v) is 1.97. The first kappa shape index (κ1) is 8.45. The Balaban J connectivity index is 3.85. The number of rotatable bonds is 1. The number of hydrogen-bond donors (Lipinski definition) is 1. The molecule has 0 aliphatic heterocycles. The van der Waals surface area contributed by atoms with Gasteiger partial charge in [-0.1, -0.05) is 0 Å². The van der Waals surface area contributed by atoms with Crippen LogP contribution in [0.4, 0.5) is 0 Å². The molecule has 0 heterocycles. The van der Waals surface area contributed by atoms with Crippen LogP contribution in [0.15, 0.2) is 4.99 Å². The predicted molar refractivity (Wildman–Crippen MR) is 35.6 cm³/mol. The molecule has 52 valence electrons. The average molecular weight is 149 g/mol. The Hall–Kier alpha value is -0.550. The minimum atomic E-state index is -1.07. The predicted octanol–water partition coefficient (Wildman–Crippen LogP) is 0.394. The van der Waals surface area contributed by atoms with E-state index in [9.17, 15) is 4.79 Å². The first-order valence-electron chi connectivity index (χ1n) is 2.13. The maximum Gasteiger partial charge on any atom is 0.363 e. The van der Waals surface area contributed by atoms with Gasteiger partial charge >= 0.3 is 5.97 Å². The van der Waals surface area contributed by atoms with Crippen molar-refractivity contribution in [2.24, 2.45) is 4.99 Å². The highest BCUT2D eigenvalue weighted by atomic mass is 32.2. The molecule has 0 saturated carbocycles. The fourth-order valence-corrected chi connectivity index (χ4v) is 0.551. The van der Waals surface area contributed by atoms with Crippen LogP contribution in [-0.2, 0) is 8.98 Å². The Morgan fingerprint density at radius 2 is 2.33 bits per heavy atom. The molecule has 1 N–H and O–H groups in total. The number of hydrogen-bond acceptors (Lipinski definition) is 4. The zero-order valence-corrected chi connectivity index (χ0v) is 5.94. The molecule has 9 heavy (non-hydrogen) atoms. The van der Waals surface area contributed by atoms with Gasteiger partial charge in [0.2, 0.25) is 5.04 Å². The van der Waals surface area contributed by atoms with Crippen LogP contribution in [0.2, 0.25) is 0 Å². The molecule has 0 radical (unpaired) electrons. The molecule has 0 bridgehead atoms. The summed E-state index contributed by atoms with van der Waals surface area (Å²) in [6.07, 6.45) is 0. The number of nitrogens with zero attached hydrogens (tertiary/aromatic N) is 1. The van der Waals surface area contributed by atoms with E-state index in [0.717, 1.165) is 12.0 Å². The van der Waals surface area contributed by atoms with Crippen LogP contribution in [0, 0.1) is 0 Å². The second kappa shape index (κ2) is 4.34. The summed E-state index contributed by atoms with van der Waals surface area (Å²) < 4.78 is 4.46. The lowest BCUT2D eigenvalue weighted by molar-refractivity contribution is -0.129. The molecule has 5 heteroatoms. The van der Waals surface area contributed by atoms with Gasteiger partial charge in [0, 0.05) is 7.05 Å². The van der Waals surface area contributed by atoms with Gasteiger partial charge in [-0.2, -0.15) is 0 Å². The van der Waals surface area contributed by atoms with E-state index in [0.29, 0.717) is 0 Å². The van der Waals surface area contributed by atoms with Crippen LogP contribution < -0.4 is 0 Å². The van der Waals surface area contributed by atoms with Crippen LogP contribution in [0.5, 0.6) is 0 Å². The third-order valence-corrected chi connectivity index (χ3v) is 1.23. The molecular weight excluding hydrogens is 142 g/mol. The highest BCUT2D eigenvalue weighted by Crippen LogP contribution is 2.02. The molecule has 0 saturated heterocycles. The van der Waals surface area contributed by atoms with Crippen molar-refractivity contribution < 1.29 is 14.1 Å². The van der Waals surface area contributed by atoms with E-state index in [2.05, 4.69) is 9.18 Å². The van der Waals surface area contributed by atoms with E-state index in [-0.39, 0.29) is 5.04 Å². The standard InChI is InChI=1S/C4H7NO3S/c1-5-3(4(6)7)9-8-2/h1-2H3,(H,6,7). The second-order valence-electron chi connectivity index (χ2n) is 1.08. The summed E-state index contributed by atoms with van der Waals surface area (Å²) in [6.45, 7) is 0. The smallest absolute Gasteiger partial charge is 0.363 e. The molecule has 0 amide bonds. The highest BCUT2D eigenvalue weighted by molar-refractivity contribution is 8.11. The Morgan fingerprint density at radius 3 is 2.44 bits per heavy atom. The number of carbonyl (C=O) groups is 1. The SMILES string of the molecule is CN=C(SOC)C(=O)O. The van der Waals surface area contributed by atoms with Crippen LogP contribution in [0.1, 0.15) is 0 Å². The van der Waals surface area contributed by atoms with E-state index >= 15 is 0 Å². The summed E-state index contributed by atoms with van der Waals surface area (Å²) in [5.74, 6) is -1.07. The molecule has 0 rings (SSSR count). The van der Waals surface area contributed by atoms with E-state index in [4.69, 9.17) is 5.11 Å². The Bertz CT molecular complexity index is 134. The van der Waals surface area contributed by atoms with Crippen LogP contribution in [-0.4, -0.2) is 30.3 Å². The largest absolute Gasteiger partial charge is 0.476 e. The molecule has 4 nitrogen and oxygen atoms in total. The van der Waals surface area contributed by atoms with Gasteiger partial charge in [0.25, 0.3) is 0 Å². The van der Waals surface area contributed by atoms with E-state index in [1.807, 2.05) is 0 Å². The van der Waals surface area contributed by atoms with Gasteiger partial charge in [-0.25, -0.2) is 4.79 Å². The highest BCUT2D eigenvalue weighted by Gasteiger charge is 2.07. The van der Waals surface area contributed by atoms with Crippen LogP contribution in [0.25, 0.3) is 0 Å². The van der Waals surface area contributed by atoms with Crippen molar-refractivity contribution in [1.82, 2.24) is 0 Å². The van der Waals surface area contributed by atoms with Gasteiger partial charge in [0.05, 0.1) is 19.2 Å². The lowest BCUT2D eigenvalue weighted by Gasteiger charge is -1.93. The number of carboxylic acid groups (broad SMARTS) is 1. The summed E-state index contributed by atoms with van der Waals surface area (Å²) in [7, 11) is 2.79. The number of aliphatic imine (C=N–C) groups is 1. The molecule has 0 fully saturated rings. The van der Waals surface area contributed by atoms with Crippen LogP contribution in [0.3, 0.4) is 0 Å². The third kappa shape index (κ3) is 3.10. The van der Waals surface area contributed by atoms with Gasteiger partial charge in [-0.05, 0) is 0 Å². The molecule has 0 aromatic heterocycles. The summed E-state index contributed by atoms with van der Waals surface area (Å²) in [5, 5.41) is 8.23. The van der Waals surface area contributed by atoms with Crippen molar-refractivity contribution in [3.63, 3.8) is 0 Å². The van der Waals surface area contributed by atoms with Crippen molar-refractivity contribution in [3.05, 3.63) is 0 Å². The van der Waals surface area contributed by atoms with E-state index in [1.165, 1.54) is 14.2 Å². The molecule has 0 unspecified atom stereocenters. The fourth-order valence-electron chi connectivity index (χ4n) is 0.247. The summed E-state index contributed by atoms with van der Waals surface area (Å²) in [5.41, 5.74) is 0. The van der Waals surface area contributed by atoms with Crippen molar-refractivity contribution >= 4 is 23.1 Å². The lowest BCUT2D eigenvalue weighted by atomic mass is 10.7. The van der Waals surface area contributed by atoms with Gasteiger partial charge in [0.15, 0.2) is 0 Å². The number of carboxylic acids is 1. The summed E-state index contributed by atoms with van der Waals surface area (Å²) >= 11 is 0.735. The van der Waals surface area contributed by atoms with Crippen molar-refractivity contribution in [3.8, 4) is 0 Å². The summed E-state index contributed by atoms with van der Waals surface area (Å²) in [6, 6.07) is 0. The first-order valence-corrected chi connectivity index (χ1v) is 2.87. The molecule has 0 aromatic carbocycles. The zero-order valence-electron chi connectivity index (χ0n) is 5.12. The minimum absolute atomic E-state index is 0.0440. The normalized spacial score (nSPS) is 11.6. The van der Waals surface area contributed by atoms with Gasteiger partial charge in [-0.3, -0.25) is 4.99 Å². The molecular formula is C4H7NO3S. The zero-order chi connectivity index (χ0) is 7.28.